The first-order valence-electron chi connectivity index (χ1n) is 8.90. The molecule has 0 amide bonds. The van der Waals surface area contributed by atoms with Gasteiger partial charge in [0.1, 0.15) is 5.82 Å². The van der Waals surface area contributed by atoms with Crippen molar-refractivity contribution < 1.29 is 17.5 Å². The van der Waals surface area contributed by atoms with Crippen LogP contribution in [0.5, 0.6) is 0 Å². The second-order valence-electron chi connectivity index (χ2n) is 6.48. The summed E-state index contributed by atoms with van der Waals surface area (Å²) in [4.78, 5) is -0.0506. The van der Waals surface area contributed by atoms with E-state index in [1.807, 2.05) is 54.6 Å². The summed E-state index contributed by atoms with van der Waals surface area (Å²) in [5, 5.41) is 0. The lowest BCUT2D eigenvalue weighted by molar-refractivity contribution is 0.106. The molecule has 0 aliphatic rings. The molecule has 3 aromatic carbocycles. The number of benzene rings is 3. The van der Waals surface area contributed by atoms with Crippen molar-refractivity contribution in [3.05, 3.63) is 101 Å². The molecule has 0 spiro atoms. The van der Waals surface area contributed by atoms with Crippen molar-refractivity contribution in [1.29, 1.82) is 0 Å². The molecule has 0 atom stereocenters. The number of hydrogen-bond donors (Lipinski definition) is 1. The van der Waals surface area contributed by atoms with Gasteiger partial charge < -0.3 is 4.74 Å². The van der Waals surface area contributed by atoms with Crippen LogP contribution in [0, 0.1) is 12.7 Å². The van der Waals surface area contributed by atoms with E-state index in [1.165, 1.54) is 12.1 Å². The van der Waals surface area contributed by atoms with Gasteiger partial charge in [-0.1, -0.05) is 60.7 Å². The molecule has 0 aromatic heterocycles. The number of aryl methyl sites for hydroxylation is 1. The van der Waals surface area contributed by atoms with E-state index in [4.69, 9.17) is 4.74 Å². The lowest BCUT2D eigenvalue weighted by Gasteiger charge is -2.13. The van der Waals surface area contributed by atoms with Crippen LogP contribution < -0.4 is 4.72 Å². The van der Waals surface area contributed by atoms with E-state index < -0.39 is 15.8 Å². The summed E-state index contributed by atoms with van der Waals surface area (Å²) in [6.45, 7) is 2.58. The van der Waals surface area contributed by atoms with E-state index in [0.717, 1.165) is 22.8 Å². The van der Waals surface area contributed by atoms with Crippen molar-refractivity contribution >= 4 is 10.0 Å². The van der Waals surface area contributed by atoms with E-state index >= 15 is 0 Å². The summed E-state index contributed by atoms with van der Waals surface area (Å²) in [6.07, 6.45) is 0. The van der Waals surface area contributed by atoms with Gasteiger partial charge in [0.05, 0.1) is 18.1 Å². The Morgan fingerprint density at radius 1 is 0.893 bits per heavy atom. The summed E-state index contributed by atoms with van der Waals surface area (Å²) >= 11 is 0. The summed E-state index contributed by atoms with van der Waals surface area (Å²) in [5.41, 5.74) is 3.28. The molecule has 0 aliphatic carbocycles. The van der Waals surface area contributed by atoms with E-state index in [9.17, 15) is 12.8 Å². The van der Waals surface area contributed by atoms with Gasteiger partial charge in [0.2, 0.25) is 10.0 Å². The molecular formula is C22H22FNO3S. The highest BCUT2D eigenvalue weighted by Crippen LogP contribution is 2.18. The molecule has 0 fully saturated rings. The maximum absolute atomic E-state index is 13.5. The normalized spacial score (nSPS) is 11.5. The third-order valence-electron chi connectivity index (χ3n) is 4.38. The topological polar surface area (TPSA) is 55.4 Å². The standard InChI is InChI=1S/C22H22FNO3S/c1-17-11-12-21(23)13-22(17)28(25,26)24-14-19-9-5-6-10-20(19)16-27-15-18-7-3-2-4-8-18/h2-13,24H,14-16H2,1H3. The van der Waals surface area contributed by atoms with Gasteiger partial charge in [-0.25, -0.2) is 17.5 Å². The minimum Gasteiger partial charge on any atom is -0.372 e. The Hall–Kier alpha value is -2.54. The maximum atomic E-state index is 13.5. The van der Waals surface area contributed by atoms with Crippen LogP contribution in [-0.2, 0) is 34.5 Å². The molecule has 0 unspecified atom stereocenters. The van der Waals surface area contributed by atoms with Crippen LogP contribution in [0.2, 0.25) is 0 Å². The third-order valence-corrected chi connectivity index (χ3v) is 5.92. The van der Waals surface area contributed by atoms with E-state index in [-0.39, 0.29) is 11.4 Å². The molecule has 3 rings (SSSR count). The predicted molar refractivity (Wildman–Crippen MR) is 107 cm³/mol. The molecule has 3 aromatic rings. The largest absolute Gasteiger partial charge is 0.372 e. The summed E-state index contributed by atoms with van der Waals surface area (Å²) in [5.74, 6) is -0.583. The Bertz CT molecular complexity index is 1040. The van der Waals surface area contributed by atoms with E-state index in [0.29, 0.717) is 18.8 Å². The smallest absolute Gasteiger partial charge is 0.241 e. The van der Waals surface area contributed by atoms with Crippen molar-refractivity contribution in [1.82, 2.24) is 4.72 Å². The highest BCUT2D eigenvalue weighted by atomic mass is 32.2. The van der Waals surface area contributed by atoms with Crippen LogP contribution in [0.1, 0.15) is 22.3 Å². The molecular weight excluding hydrogens is 377 g/mol. The fraction of sp³-hybridized carbons (Fsp3) is 0.182. The first-order chi connectivity index (χ1) is 13.5. The zero-order chi connectivity index (χ0) is 20.0. The summed E-state index contributed by atoms with van der Waals surface area (Å²) in [6, 6.07) is 21.0. The van der Waals surface area contributed by atoms with E-state index in [1.54, 1.807) is 6.92 Å². The Morgan fingerprint density at radius 3 is 2.32 bits per heavy atom. The second kappa shape index (κ2) is 9.10. The average molecular weight is 399 g/mol. The van der Waals surface area contributed by atoms with Crippen molar-refractivity contribution in [3.63, 3.8) is 0 Å². The first kappa shape index (κ1) is 20.2. The van der Waals surface area contributed by atoms with Crippen molar-refractivity contribution in [3.8, 4) is 0 Å². The van der Waals surface area contributed by atoms with Gasteiger partial charge >= 0.3 is 0 Å². The van der Waals surface area contributed by atoms with Crippen LogP contribution in [0.25, 0.3) is 0 Å². The molecule has 146 valence electrons. The van der Waals surface area contributed by atoms with Crippen molar-refractivity contribution in [2.45, 2.75) is 31.6 Å². The molecule has 0 aliphatic heterocycles. The van der Waals surface area contributed by atoms with Gasteiger partial charge in [0.25, 0.3) is 0 Å². The lowest BCUT2D eigenvalue weighted by atomic mass is 10.1. The fourth-order valence-corrected chi connectivity index (χ4v) is 4.10. The molecule has 28 heavy (non-hydrogen) atoms. The van der Waals surface area contributed by atoms with Crippen molar-refractivity contribution in [2.24, 2.45) is 0 Å². The van der Waals surface area contributed by atoms with Gasteiger partial charge in [-0.15, -0.1) is 0 Å². The molecule has 6 heteroatoms. The molecule has 4 nitrogen and oxygen atoms in total. The Labute approximate surface area is 165 Å². The molecule has 0 bridgehead atoms. The molecule has 0 heterocycles. The lowest BCUT2D eigenvalue weighted by Crippen LogP contribution is -2.24. The number of rotatable bonds is 8. The summed E-state index contributed by atoms with van der Waals surface area (Å²) < 4.78 is 47.0. The molecule has 0 radical (unpaired) electrons. The van der Waals surface area contributed by atoms with Crippen LogP contribution in [0.3, 0.4) is 0 Å². The van der Waals surface area contributed by atoms with Crippen LogP contribution in [0.4, 0.5) is 4.39 Å². The zero-order valence-electron chi connectivity index (χ0n) is 15.6. The minimum absolute atomic E-state index is 0.0506. The number of nitrogens with one attached hydrogen (secondary N) is 1. The van der Waals surface area contributed by atoms with Crippen LogP contribution >= 0.6 is 0 Å². The number of halogens is 1. The zero-order valence-corrected chi connectivity index (χ0v) is 16.4. The van der Waals surface area contributed by atoms with Crippen molar-refractivity contribution in [2.75, 3.05) is 0 Å². The maximum Gasteiger partial charge on any atom is 0.241 e. The average Bonchev–Trinajstić information content (AvgIpc) is 2.70. The Morgan fingerprint density at radius 2 is 1.57 bits per heavy atom. The Balaban J connectivity index is 1.67. The fourth-order valence-electron chi connectivity index (χ4n) is 2.84. The molecule has 0 saturated heterocycles. The predicted octanol–water partition coefficient (Wildman–Crippen LogP) is 4.33. The van der Waals surface area contributed by atoms with Crippen LogP contribution in [0.15, 0.2) is 77.7 Å². The van der Waals surface area contributed by atoms with Crippen LogP contribution in [-0.4, -0.2) is 8.42 Å². The SMILES string of the molecule is Cc1ccc(F)cc1S(=O)(=O)NCc1ccccc1COCc1ccccc1. The minimum atomic E-state index is -3.82. The summed E-state index contributed by atoms with van der Waals surface area (Å²) in [7, 11) is -3.82. The third kappa shape index (κ3) is 5.25. The Kier molecular flexibility index (Phi) is 6.57. The highest BCUT2D eigenvalue weighted by Gasteiger charge is 2.18. The molecule has 0 saturated carbocycles. The molecule has 1 N–H and O–H groups in total. The first-order valence-corrected chi connectivity index (χ1v) is 10.4. The van der Waals surface area contributed by atoms with Gasteiger partial charge in [-0.05, 0) is 41.3 Å². The van der Waals surface area contributed by atoms with Gasteiger partial charge in [0, 0.05) is 6.54 Å². The number of ether oxygens (including phenoxy) is 1. The second-order valence-corrected chi connectivity index (χ2v) is 8.22. The van der Waals surface area contributed by atoms with E-state index in [2.05, 4.69) is 4.72 Å². The monoisotopic (exact) mass is 399 g/mol. The number of hydrogen-bond acceptors (Lipinski definition) is 3. The van der Waals surface area contributed by atoms with Gasteiger partial charge in [-0.3, -0.25) is 0 Å². The van der Waals surface area contributed by atoms with Gasteiger partial charge in [0.15, 0.2) is 0 Å². The number of sulfonamides is 1. The van der Waals surface area contributed by atoms with Gasteiger partial charge in [-0.2, -0.15) is 0 Å². The quantitative estimate of drug-likeness (QED) is 0.613. The highest BCUT2D eigenvalue weighted by molar-refractivity contribution is 7.89.